The maximum absolute atomic E-state index is 12.8. The lowest BCUT2D eigenvalue weighted by Crippen LogP contribution is -2.55. The highest BCUT2D eigenvalue weighted by atomic mass is 32.2. The average molecular weight is 471 g/mol. The number of fused-ring (bicyclic) bond motifs is 1. The maximum atomic E-state index is 12.8. The van der Waals surface area contributed by atoms with Crippen LogP contribution in [0, 0.1) is 6.92 Å². The minimum Gasteiger partial charge on any atom is -0.508 e. The van der Waals surface area contributed by atoms with Crippen LogP contribution in [0.15, 0.2) is 6.07 Å². The first kappa shape index (κ1) is 25.3. The highest BCUT2D eigenvalue weighted by molar-refractivity contribution is 7.98. The maximum Gasteiger partial charge on any atom is 0.339 e. The summed E-state index contributed by atoms with van der Waals surface area (Å²) >= 11 is 1.05. The lowest BCUT2D eigenvalue weighted by molar-refractivity contribution is -0.234. The summed E-state index contributed by atoms with van der Waals surface area (Å²) in [6.45, 7) is 5.68. The van der Waals surface area contributed by atoms with E-state index in [1.165, 1.54) is 6.92 Å². The minimum absolute atomic E-state index is 0.0219. The normalized spacial score (nSPS) is 20.1. The predicted molar refractivity (Wildman–Crippen MR) is 113 cm³/mol. The van der Waals surface area contributed by atoms with Crippen molar-refractivity contribution < 1.29 is 44.1 Å². The van der Waals surface area contributed by atoms with Crippen molar-refractivity contribution in [3.8, 4) is 11.5 Å². The zero-order valence-corrected chi connectivity index (χ0v) is 18.9. The number of aromatic hydroxyl groups is 2. The van der Waals surface area contributed by atoms with Gasteiger partial charge in [-0.25, -0.2) is 14.7 Å². The number of hydrogen-bond acceptors (Lipinski definition) is 9. The summed E-state index contributed by atoms with van der Waals surface area (Å²) in [4.78, 5) is 54.4. The van der Waals surface area contributed by atoms with E-state index in [0.717, 1.165) is 17.8 Å². The topological polar surface area (TPSA) is 163 Å². The van der Waals surface area contributed by atoms with Crippen molar-refractivity contribution in [3.63, 3.8) is 0 Å². The number of benzene rings is 1. The standard InChI is InChI=1S/C20H26N2O9S/c1-10-14(24)5-15(25)11-7-32-8-12(18(27)28)21-17(26)13(6-30-19(29)16(10)11)22(9-23)31-20(2,3)4/h5,9,12-13,24-25H,6-8H2,1-4H3,(H,21,26)(H,27,28)/t12-,13-/m0/s1. The van der Waals surface area contributed by atoms with Gasteiger partial charge in [0.2, 0.25) is 12.3 Å². The van der Waals surface area contributed by atoms with Gasteiger partial charge < -0.3 is 25.4 Å². The number of esters is 1. The zero-order valence-electron chi connectivity index (χ0n) is 18.1. The summed E-state index contributed by atoms with van der Waals surface area (Å²) in [5, 5.41) is 32.8. The van der Waals surface area contributed by atoms with Gasteiger partial charge in [-0.1, -0.05) is 0 Å². The Labute approximate surface area is 188 Å². The number of carboxylic acid groups (broad SMARTS) is 1. The van der Waals surface area contributed by atoms with Gasteiger partial charge >= 0.3 is 11.9 Å². The summed E-state index contributed by atoms with van der Waals surface area (Å²) < 4.78 is 5.25. The van der Waals surface area contributed by atoms with Crippen LogP contribution in [-0.4, -0.2) is 74.7 Å². The smallest absolute Gasteiger partial charge is 0.339 e. The Kier molecular flexibility index (Phi) is 7.97. The summed E-state index contributed by atoms with van der Waals surface area (Å²) in [7, 11) is 0. The number of carboxylic acids is 1. The molecule has 1 aliphatic rings. The molecule has 0 spiro atoms. The van der Waals surface area contributed by atoms with Crippen LogP contribution in [0.4, 0.5) is 0 Å². The van der Waals surface area contributed by atoms with Crippen molar-refractivity contribution in [1.29, 1.82) is 0 Å². The van der Waals surface area contributed by atoms with E-state index in [-0.39, 0.29) is 46.1 Å². The van der Waals surface area contributed by atoms with Gasteiger partial charge in [0.05, 0.1) is 11.2 Å². The van der Waals surface area contributed by atoms with Crippen LogP contribution in [0.1, 0.15) is 42.3 Å². The third kappa shape index (κ3) is 6.04. The van der Waals surface area contributed by atoms with Crippen molar-refractivity contribution in [1.82, 2.24) is 10.4 Å². The summed E-state index contributed by atoms with van der Waals surface area (Å²) in [6, 6.07) is -1.73. The number of phenolic OH excluding ortho intramolecular Hbond substituents is 2. The Hall–Kier alpha value is -2.99. The number of phenols is 2. The highest BCUT2D eigenvalue weighted by Gasteiger charge is 2.35. The van der Waals surface area contributed by atoms with E-state index in [0.29, 0.717) is 5.06 Å². The predicted octanol–water partition coefficient (Wildman–Crippen LogP) is 0.936. The van der Waals surface area contributed by atoms with Crippen molar-refractivity contribution in [2.45, 2.75) is 51.1 Å². The molecule has 0 bridgehead atoms. The van der Waals surface area contributed by atoms with Crippen LogP contribution in [0.5, 0.6) is 11.5 Å². The zero-order chi connectivity index (χ0) is 24.2. The monoisotopic (exact) mass is 470 g/mol. The lowest BCUT2D eigenvalue weighted by atomic mass is 10.0. The quantitative estimate of drug-likeness (QED) is 0.283. The van der Waals surface area contributed by atoms with Gasteiger partial charge in [0.15, 0.2) is 6.04 Å². The lowest BCUT2D eigenvalue weighted by Gasteiger charge is -2.32. The number of aliphatic carboxylic acids is 1. The second kappa shape index (κ2) is 10.1. The Balaban J connectivity index is 2.51. The molecule has 2 rings (SSSR count). The average Bonchev–Trinajstić information content (AvgIpc) is 2.67. The van der Waals surface area contributed by atoms with Gasteiger partial charge in [-0.3, -0.25) is 14.4 Å². The van der Waals surface area contributed by atoms with Crippen LogP contribution in [0.2, 0.25) is 0 Å². The minimum atomic E-state index is -1.49. The number of cyclic esters (lactones) is 1. The molecule has 4 N–H and O–H groups in total. The number of hydrogen-bond donors (Lipinski definition) is 4. The van der Waals surface area contributed by atoms with E-state index in [1.807, 2.05) is 0 Å². The first-order valence-corrected chi connectivity index (χ1v) is 10.8. The summed E-state index contributed by atoms with van der Waals surface area (Å²) in [6.07, 6.45) is 0.233. The van der Waals surface area contributed by atoms with Crippen molar-refractivity contribution in [2.75, 3.05) is 12.4 Å². The van der Waals surface area contributed by atoms with Gasteiger partial charge in [0.25, 0.3) is 0 Å². The van der Waals surface area contributed by atoms with E-state index in [1.54, 1.807) is 20.8 Å². The van der Waals surface area contributed by atoms with Gasteiger partial charge in [-0.2, -0.15) is 11.8 Å². The fraction of sp³-hybridized carbons (Fsp3) is 0.500. The van der Waals surface area contributed by atoms with Crippen molar-refractivity contribution in [2.24, 2.45) is 0 Å². The first-order chi connectivity index (χ1) is 14.9. The van der Waals surface area contributed by atoms with E-state index < -0.39 is 42.1 Å². The molecule has 0 aliphatic carbocycles. The molecule has 1 aliphatic heterocycles. The molecule has 1 aromatic rings. The largest absolute Gasteiger partial charge is 0.508 e. The summed E-state index contributed by atoms with van der Waals surface area (Å²) in [5.41, 5.74) is -0.691. The van der Waals surface area contributed by atoms with Crippen LogP contribution >= 0.6 is 11.8 Å². The third-order valence-electron chi connectivity index (χ3n) is 4.46. The molecule has 0 radical (unpaired) electrons. The SMILES string of the molecule is Cc1c(O)cc(O)c2c1C(=O)OC[C@H](N(C=O)OC(C)(C)C)C(=O)N[C@H](C(=O)O)CSC2. The van der Waals surface area contributed by atoms with Crippen molar-refractivity contribution >= 4 is 36.0 Å². The fourth-order valence-corrected chi connectivity index (χ4v) is 3.99. The molecule has 0 fully saturated rings. The Bertz CT molecular complexity index is 913. The van der Waals surface area contributed by atoms with Gasteiger partial charge in [0, 0.05) is 28.7 Å². The molecule has 2 atom stereocenters. The Morgan fingerprint density at radius 1 is 1.31 bits per heavy atom. The van der Waals surface area contributed by atoms with Gasteiger partial charge in [-0.15, -0.1) is 0 Å². The number of rotatable bonds is 4. The number of nitrogens with one attached hydrogen (secondary N) is 1. The number of amides is 2. The number of carbonyl (C=O) groups is 4. The Morgan fingerprint density at radius 2 is 1.97 bits per heavy atom. The number of ether oxygens (including phenoxy) is 1. The molecule has 1 aromatic carbocycles. The molecule has 2 amide bonds. The summed E-state index contributed by atoms with van der Waals surface area (Å²) in [5.74, 6) is -3.89. The van der Waals surface area contributed by atoms with E-state index in [9.17, 15) is 34.5 Å². The van der Waals surface area contributed by atoms with E-state index in [4.69, 9.17) is 9.57 Å². The van der Waals surface area contributed by atoms with Gasteiger partial charge in [-0.05, 0) is 27.7 Å². The second-order valence-electron chi connectivity index (χ2n) is 8.09. The van der Waals surface area contributed by atoms with Crippen LogP contribution < -0.4 is 5.32 Å². The molecule has 32 heavy (non-hydrogen) atoms. The first-order valence-electron chi connectivity index (χ1n) is 9.61. The molecule has 11 nitrogen and oxygen atoms in total. The molecular formula is C20H26N2O9S. The van der Waals surface area contributed by atoms with Crippen molar-refractivity contribution in [3.05, 3.63) is 22.8 Å². The molecular weight excluding hydrogens is 444 g/mol. The third-order valence-corrected chi connectivity index (χ3v) is 5.52. The highest BCUT2D eigenvalue weighted by Crippen LogP contribution is 2.35. The molecule has 0 saturated heterocycles. The van der Waals surface area contributed by atoms with E-state index in [2.05, 4.69) is 5.32 Å². The number of hydroxylamine groups is 2. The molecule has 0 aromatic heterocycles. The molecule has 12 heteroatoms. The number of thioether (sulfide) groups is 1. The number of carbonyl (C=O) groups excluding carboxylic acids is 3. The molecule has 0 saturated carbocycles. The van der Waals surface area contributed by atoms with E-state index >= 15 is 0 Å². The molecule has 176 valence electrons. The Morgan fingerprint density at radius 3 is 2.53 bits per heavy atom. The molecule has 0 unspecified atom stereocenters. The van der Waals surface area contributed by atoms with Crippen LogP contribution in [0.25, 0.3) is 0 Å². The molecule has 1 heterocycles. The van der Waals surface area contributed by atoms with Gasteiger partial charge in [0.1, 0.15) is 24.1 Å². The van der Waals surface area contributed by atoms with Crippen LogP contribution in [0.3, 0.4) is 0 Å². The second-order valence-corrected chi connectivity index (χ2v) is 9.12. The number of nitrogens with zero attached hydrogens (tertiary/aromatic N) is 1. The van der Waals surface area contributed by atoms with Crippen LogP contribution in [-0.2, 0) is 29.7 Å². The fourth-order valence-electron chi connectivity index (χ4n) is 2.92.